The molecule has 1 heterocycles. The lowest BCUT2D eigenvalue weighted by atomic mass is 10.3. The van der Waals surface area contributed by atoms with E-state index >= 15 is 0 Å². The summed E-state index contributed by atoms with van der Waals surface area (Å²) in [6, 6.07) is 0. The Hall–Kier alpha value is -1.86. The molecule has 0 atom stereocenters. The SMILES string of the molecule is CCN(CC(F)(F)F)C(=O)c1cncc(NC)n1. The van der Waals surface area contributed by atoms with Gasteiger partial charge < -0.3 is 10.2 Å². The average Bonchev–Trinajstić information content (AvgIpc) is 2.34. The molecule has 0 fully saturated rings. The van der Waals surface area contributed by atoms with Crippen LogP contribution in [0, 0.1) is 0 Å². The van der Waals surface area contributed by atoms with Crippen molar-refractivity contribution in [3.63, 3.8) is 0 Å². The molecule has 1 aromatic heterocycles. The highest BCUT2D eigenvalue weighted by molar-refractivity contribution is 5.92. The minimum atomic E-state index is -4.43. The molecule has 1 N–H and O–H groups in total. The van der Waals surface area contributed by atoms with Gasteiger partial charge in [-0.1, -0.05) is 0 Å². The van der Waals surface area contributed by atoms with Crippen molar-refractivity contribution in [3.05, 3.63) is 18.1 Å². The third-order valence-corrected chi connectivity index (χ3v) is 2.15. The number of hydrogen-bond acceptors (Lipinski definition) is 4. The van der Waals surface area contributed by atoms with Gasteiger partial charge in [-0.25, -0.2) is 4.98 Å². The molecule has 1 amide bonds. The zero-order chi connectivity index (χ0) is 13.8. The number of amides is 1. The monoisotopic (exact) mass is 262 g/mol. The second kappa shape index (κ2) is 5.65. The summed E-state index contributed by atoms with van der Waals surface area (Å²) in [5, 5.41) is 2.66. The Morgan fingerprint density at radius 1 is 1.44 bits per heavy atom. The Morgan fingerprint density at radius 3 is 2.61 bits per heavy atom. The first-order valence-electron chi connectivity index (χ1n) is 5.23. The molecule has 0 saturated carbocycles. The summed E-state index contributed by atoms with van der Waals surface area (Å²) in [4.78, 5) is 20.1. The number of aromatic nitrogens is 2. The van der Waals surface area contributed by atoms with Crippen molar-refractivity contribution in [3.8, 4) is 0 Å². The Kier molecular flexibility index (Phi) is 4.46. The predicted molar refractivity (Wildman–Crippen MR) is 59.2 cm³/mol. The molecular formula is C10H13F3N4O. The van der Waals surface area contributed by atoms with Gasteiger partial charge in [0.2, 0.25) is 0 Å². The van der Waals surface area contributed by atoms with Crippen LogP contribution in [0.5, 0.6) is 0 Å². The fraction of sp³-hybridized carbons (Fsp3) is 0.500. The van der Waals surface area contributed by atoms with E-state index < -0.39 is 18.6 Å². The van der Waals surface area contributed by atoms with Crippen LogP contribution in [0.2, 0.25) is 0 Å². The van der Waals surface area contributed by atoms with Crippen molar-refractivity contribution >= 4 is 11.7 Å². The molecule has 0 radical (unpaired) electrons. The van der Waals surface area contributed by atoms with E-state index in [9.17, 15) is 18.0 Å². The minimum absolute atomic E-state index is 0.0518. The van der Waals surface area contributed by atoms with E-state index in [-0.39, 0.29) is 12.2 Å². The van der Waals surface area contributed by atoms with Crippen molar-refractivity contribution in [1.82, 2.24) is 14.9 Å². The van der Waals surface area contributed by atoms with Crippen LogP contribution in [0.3, 0.4) is 0 Å². The first-order valence-corrected chi connectivity index (χ1v) is 5.23. The van der Waals surface area contributed by atoms with Gasteiger partial charge in [0.15, 0.2) is 0 Å². The molecule has 18 heavy (non-hydrogen) atoms. The summed E-state index contributed by atoms with van der Waals surface area (Å²) in [5.41, 5.74) is -0.118. The molecule has 0 saturated heterocycles. The molecule has 0 aliphatic rings. The van der Waals surface area contributed by atoms with E-state index in [0.29, 0.717) is 10.7 Å². The van der Waals surface area contributed by atoms with Crippen molar-refractivity contribution in [2.45, 2.75) is 13.1 Å². The highest BCUT2D eigenvalue weighted by atomic mass is 19.4. The quantitative estimate of drug-likeness (QED) is 0.894. The number of carbonyl (C=O) groups is 1. The second-order valence-electron chi connectivity index (χ2n) is 3.47. The minimum Gasteiger partial charge on any atom is -0.372 e. The van der Waals surface area contributed by atoms with Crippen molar-refractivity contribution in [2.24, 2.45) is 0 Å². The Morgan fingerprint density at radius 2 is 2.11 bits per heavy atom. The van der Waals surface area contributed by atoms with Crippen molar-refractivity contribution < 1.29 is 18.0 Å². The van der Waals surface area contributed by atoms with E-state index in [1.807, 2.05) is 0 Å². The molecule has 0 aliphatic heterocycles. The number of nitrogens with one attached hydrogen (secondary N) is 1. The third kappa shape index (κ3) is 3.86. The number of halogens is 3. The fourth-order valence-corrected chi connectivity index (χ4v) is 1.30. The Labute approximate surface area is 102 Å². The fourth-order valence-electron chi connectivity index (χ4n) is 1.30. The summed E-state index contributed by atoms with van der Waals surface area (Å²) >= 11 is 0. The first kappa shape index (κ1) is 14.2. The van der Waals surface area contributed by atoms with Crippen LogP contribution in [-0.2, 0) is 0 Å². The van der Waals surface area contributed by atoms with Gasteiger partial charge in [-0.05, 0) is 6.92 Å². The Balaban J connectivity index is 2.89. The van der Waals surface area contributed by atoms with Crippen LogP contribution in [0.4, 0.5) is 19.0 Å². The summed E-state index contributed by atoms with van der Waals surface area (Å²) in [7, 11) is 1.57. The van der Waals surface area contributed by atoms with Crippen LogP contribution in [0.25, 0.3) is 0 Å². The maximum atomic E-state index is 12.3. The number of anilines is 1. The van der Waals surface area contributed by atoms with Gasteiger partial charge in [0.05, 0.1) is 12.4 Å². The van der Waals surface area contributed by atoms with Gasteiger partial charge >= 0.3 is 6.18 Å². The number of nitrogens with zero attached hydrogens (tertiary/aromatic N) is 3. The topological polar surface area (TPSA) is 58.1 Å². The normalized spacial score (nSPS) is 11.2. The maximum Gasteiger partial charge on any atom is 0.406 e. The standard InChI is InChI=1S/C10H13F3N4O/c1-3-17(6-10(11,12)13)9(18)7-4-15-5-8(14-2)16-7/h4-5H,3,6H2,1-2H3,(H,14,16). The molecule has 1 aromatic rings. The van der Waals surface area contributed by atoms with Crippen LogP contribution in [-0.4, -0.2) is 47.1 Å². The van der Waals surface area contributed by atoms with E-state index in [2.05, 4.69) is 15.3 Å². The van der Waals surface area contributed by atoms with Gasteiger partial charge in [0, 0.05) is 13.6 Å². The number of hydrogen-bond donors (Lipinski definition) is 1. The molecule has 0 spiro atoms. The van der Waals surface area contributed by atoms with Gasteiger partial charge in [-0.2, -0.15) is 13.2 Å². The molecule has 0 bridgehead atoms. The Bertz CT molecular complexity index is 422. The van der Waals surface area contributed by atoms with Gasteiger partial charge in [0.25, 0.3) is 5.91 Å². The third-order valence-electron chi connectivity index (χ3n) is 2.15. The summed E-state index contributed by atoms with van der Waals surface area (Å²) in [6.45, 7) is 0.122. The summed E-state index contributed by atoms with van der Waals surface area (Å²) < 4.78 is 36.8. The number of alkyl halides is 3. The van der Waals surface area contributed by atoms with Crippen molar-refractivity contribution in [1.29, 1.82) is 0 Å². The lowest BCUT2D eigenvalue weighted by molar-refractivity contribution is -0.140. The van der Waals surface area contributed by atoms with Gasteiger partial charge in [-0.3, -0.25) is 9.78 Å². The molecule has 5 nitrogen and oxygen atoms in total. The van der Waals surface area contributed by atoms with Crippen molar-refractivity contribution in [2.75, 3.05) is 25.5 Å². The number of carbonyl (C=O) groups excluding carboxylic acids is 1. The molecule has 1 rings (SSSR count). The number of rotatable bonds is 4. The maximum absolute atomic E-state index is 12.3. The van der Waals surface area contributed by atoms with Gasteiger partial charge in [-0.15, -0.1) is 0 Å². The molecule has 0 unspecified atom stereocenters. The van der Waals surface area contributed by atoms with Crippen LogP contribution < -0.4 is 5.32 Å². The van der Waals surface area contributed by atoms with E-state index in [4.69, 9.17) is 0 Å². The lowest BCUT2D eigenvalue weighted by Gasteiger charge is -2.21. The van der Waals surface area contributed by atoms with E-state index in [1.54, 1.807) is 7.05 Å². The first-order chi connectivity index (χ1) is 8.37. The summed E-state index contributed by atoms with van der Waals surface area (Å²) in [6.07, 6.45) is -1.92. The predicted octanol–water partition coefficient (Wildman–Crippen LogP) is 1.54. The molecule has 100 valence electrons. The molecule has 0 aromatic carbocycles. The molecule has 0 aliphatic carbocycles. The van der Waals surface area contributed by atoms with E-state index in [1.165, 1.54) is 13.1 Å². The summed E-state index contributed by atoms with van der Waals surface area (Å²) in [5.74, 6) is -0.469. The zero-order valence-corrected chi connectivity index (χ0v) is 9.95. The second-order valence-corrected chi connectivity index (χ2v) is 3.47. The molecular weight excluding hydrogens is 249 g/mol. The van der Waals surface area contributed by atoms with Crippen LogP contribution in [0.1, 0.15) is 17.4 Å². The lowest BCUT2D eigenvalue weighted by Crippen LogP contribution is -2.39. The smallest absolute Gasteiger partial charge is 0.372 e. The van der Waals surface area contributed by atoms with Crippen LogP contribution in [0.15, 0.2) is 12.4 Å². The zero-order valence-electron chi connectivity index (χ0n) is 9.95. The molecule has 8 heteroatoms. The highest BCUT2D eigenvalue weighted by Gasteiger charge is 2.33. The average molecular weight is 262 g/mol. The largest absolute Gasteiger partial charge is 0.406 e. The highest BCUT2D eigenvalue weighted by Crippen LogP contribution is 2.17. The van der Waals surface area contributed by atoms with Gasteiger partial charge in [0.1, 0.15) is 18.1 Å². The van der Waals surface area contributed by atoms with Crippen LogP contribution >= 0.6 is 0 Å². The van der Waals surface area contributed by atoms with E-state index in [0.717, 1.165) is 6.20 Å².